The van der Waals surface area contributed by atoms with Crippen LogP contribution in [0.15, 0.2) is 30.3 Å². The number of ether oxygens (including phenoxy) is 1. The summed E-state index contributed by atoms with van der Waals surface area (Å²) in [4.78, 5) is 27.1. The minimum absolute atomic E-state index is 0.0156. The van der Waals surface area contributed by atoms with Gasteiger partial charge in [-0.1, -0.05) is 30.3 Å². The van der Waals surface area contributed by atoms with E-state index in [2.05, 4.69) is 0 Å². The van der Waals surface area contributed by atoms with Gasteiger partial charge >= 0.3 is 6.09 Å². The maximum absolute atomic E-state index is 12.1. The second-order valence-electron chi connectivity index (χ2n) is 5.90. The summed E-state index contributed by atoms with van der Waals surface area (Å²) in [6.45, 7) is 2.26. The second kappa shape index (κ2) is 8.77. The number of carbonyl (C=O) groups is 2. The molecular weight excluding hydrogens is 316 g/mol. The van der Waals surface area contributed by atoms with Gasteiger partial charge in [-0.2, -0.15) is 0 Å². The summed E-state index contributed by atoms with van der Waals surface area (Å²) in [6.07, 6.45) is 1.61. The van der Waals surface area contributed by atoms with Crippen LogP contribution in [0.2, 0.25) is 0 Å². The number of likely N-dealkylation sites (tertiary alicyclic amines) is 1. The first-order valence-electron chi connectivity index (χ1n) is 7.85. The number of halogens is 1. The number of alkyl halides is 1. The van der Waals surface area contributed by atoms with Gasteiger partial charge in [0.1, 0.15) is 12.5 Å². The quantitative estimate of drug-likeness (QED) is 0.776. The zero-order valence-electron chi connectivity index (χ0n) is 13.4. The summed E-state index contributed by atoms with van der Waals surface area (Å²) < 4.78 is 5.31. The van der Waals surface area contributed by atoms with Crippen molar-refractivity contribution in [3.63, 3.8) is 0 Å². The van der Waals surface area contributed by atoms with Crippen molar-refractivity contribution >= 4 is 23.6 Å². The average Bonchev–Trinajstić information content (AvgIpc) is 2.60. The molecule has 0 aromatic heterocycles. The maximum Gasteiger partial charge on any atom is 0.409 e. The van der Waals surface area contributed by atoms with Crippen molar-refractivity contribution < 1.29 is 14.3 Å². The molecule has 0 aliphatic carbocycles. The van der Waals surface area contributed by atoms with Gasteiger partial charge in [-0.15, -0.1) is 11.6 Å². The fourth-order valence-corrected chi connectivity index (χ4v) is 2.99. The Morgan fingerprint density at radius 1 is 1.35 bits per heavy atom. The van der Waals surface area contributed by atoms with E-state index in [0.29, 0.717) is 13.1 Å². The van der Waals surface area contributed by atoms with Gasteiger partial charge in [0.25, 0.3) is 0 Å². The Hall–Kier alpha value is -1.75. The van der Waals surface area contributed by atoms with E-state index in [0.717, 1.165) is 24.9 Å². The predicted octanol–water partition coefficient (Wildman–Crippen LogP) is 2.73. The third-order valence-corrected chi connectivity index (χ3v) is 4.26. The fourth-order valence-electron chi connectivity index (χ4n) is 2.82. The molecule has 1 unspecified atom stereocenters. The van der Waals surface area contributed by atoms with E-state index in [4.69, 9.17) is 16.3 Å². The third-order valence-electron chi connectivity index (χ3n) is 4.03. The van der Waals surface area contributed by atoms with Crippen molar-refractivity contribution in [1.29, 1.82) is 0 Å². The molecule has 5 nitrogen and oxygen atoms in total. The van der Waals surface area contributed by atoms with Crippen LogP contribution in [-0.4, -0.2) is 54.4 Å². The number of rotatable bonds is 5. The molecule has 0 saturated carbocycles. The van der Waals surface area contributed by atoms with Crippen LogP contribution in [0.25, 0.3) is 0 Å². The maximum atomic E-state index is 12.1. The van der Waals surface area contributed by atoms with Crippen molar-refractivity contribution in [2.75, 3.05) is 32.6 Å². The number of piperidine rings is 1. The van der Waals surface area contributed by atoms with Crippen LogP contribution in [-0.2, 0) is 16.1 Å². The first-order chi connectivity index (χ1) is 11.1. The van der Waals surface area contributed by atoms with Gasteiger partial charge in [0.15, 0.2) is 0 Å². The largest absolute Gasteiger partial charge is 0.445 e. The molecule has 0 radical (unpaired) electrons. The molecule has 0 N–H and O–H groups in total. The average molecular weight is 339 g/mol. The summed E-state index contributed by atoms with van der Waals surface area (Å²) in [5, 5.41) is 0. The molecule has 1 fully saturated rings. The van der Waals surface area contributed by atoms with Gasteiger partial charge in [0.2, 0.25) is 5.91 Å². The van der Waals surface area contributed by atoms with Crippen LogP contribution in [0.3, 0.4) is 0 Å². The molecule has 1 atom stereocenters. The number of carbonyl (C=O) groups excluding carboxylic acids is 2. The molecule has 1 aliphatic rings. The normalized spacial score (nSPS) is 17.7. The minimum Gasteiger partial charge on any atom is -0.445 e. The smallest absolute Gasteiger partial charge is 0.409 e. The van der Waals surface area contributed by atoms with Gasteiger partial charge in [-0.3, -0.25) is 4.79 Å². The highest BCUT2D eigenvalue weighted by Crippen LogP contribution is 2.18. The Morgan fingerprint density at radius 2 is 2.09 bits per heavy atom. The lowest BCUT2D eigenvalue weighted by Gasteiger charge is -2.34. The summed E-state index contributed by atoms with van der Waals surface area (Å²) >= 11 is 5.61. The zero-order chi connectivity index (χ0) is 16.7. The zero-order valence-corrected chi connectivity index (χ0v) is 14.2. The Balaban J connectivity index is 1.77. The van der Waals surface area contributed by atoms with Crippen molar-refractivity contribution in [2.24, 2.45) is 5.92 Å². The Labute approximate surface area is 142 Å². The summed E-state index contributed by atoms with van der Waals surface area (Å²) in [5.41, 5.74) is 0.964. The summed E-state index contributed by atoms with van der Waals surface area (Å²) in [5.74, 6) is 0.248. The SMILES string of the molecule is CN(CC1CCCN(C(=O)CCl)C1)C(=O)OCc1ccccc1. The molecule has 0 bridgehead atoms. The highest BCUT2D eigenvalue weighted by molar-refractivity contribution is 6.27. The van der Waals surface area contributed by atoms with E-state index in [1.807, 2.05) is 30.3 Å². The topological polar surface area (TPSA) is 49.9 Å². The second-order valence-corrected chi connectivity index (χ2v) is 6.17. The molecule has 23 heavy (non-hydrogen) atoms. The number of nitrogens with zero attached hydrogens (tertiary/aromatic N) is 2. The van der Waals surface area contributed by atoms with E-state index in [9.17, 15) is 9.59 Å². The molecule has 1 heterocycles. The minimum atomic E-state index is -0.338. The molecule has 1 aromatic rings. The summed E-state index contributed by atoms with van der Waals surface area (Å²) in [7, 11) is 1.73. The number of hydrogen-bond acceptors (Lipinski definition) is 3. The van der Waals surface area contributed by atoms with E-state index < -0.39 is 0 Å². The monoisotopic (exact) mass is 338 g/mol. The van der Waals surface area contributed by atoms with Crippen molar-refractivity contribution in [3.05, 3.63) is 35.9 Å². The summed E-state index contributed by atoms with van der Waals surface area (Å²) in [6, 6.07) is 9.59. The fraction of sp³-hybridized carbons (Fsp3) is 0.529. The number of hydrogen-bond donors (Lipinski definition) is 0. The highest BCUT2D eigenvalue weighted by atomic mass is 35.5. The van der Waals surface area contributed by atoms with E-state index in [1.54, 1.807) is 16.8 Å². The van der Waals surface area contributed by atoms with Gasteiger partial charge in [0.05, 0.1) is 0 Å². The van der Waals surface area contributed by atoms with Crippen molar-refractivity contribution in [1.82, 2.24) is 9.80 Å². The molecule has 6 heteroatoms. The van der Waals surface area contributed by atoms with Crippen molar-refractivity contribution in [3.8, 4) is 0 Å². The number of amides is 2. The van der Waals surface area contributed by atoms with E-state index >= 15 is 0 Å². The van der Waals surface area contributed by atoms with Gasteiger partial charge in [0, 0.05) is 26.7 Å². The molecule has 1 saturated heterocycles. The number of benzene rings is 1. The Kier molecular flexibility index (Phi) is 6.71. The molecule has 1 aromatic carbocycles. The van der Waals surface area contributed by atoms with Crippen LogP contribution in [0.4, 0.5) is 4.79 Å². The van der Waals surface area contributed by atoms with Gasteiger partial charge in [-0.25, -0.2) is 4.79 Å². The Morgan fingerprint density at radius 3 is 2.78 bits per heavy atom. The van der Waals surface area contributed by atoms with Crippen LogP contribution in [0, 0.1) is 5.92 Å². The van der Waals surface area contributed by atoms with E-state index in [-0.39, 0.29) is 30.4 Å². The van der Waals surface area contributed by atoms with Crippen LogP contribution in [0.1, 0.15) is 18.4 Å². The molecule has 126 valence electrons. The van der Waals surface area contributed by atoms with Crippen molar-refractivity contribution in [2.45, 2.75) is 19.4 Å². The van der Waals surface area contributed by atoms with Crippen LogP contribution in [0.5, 0.6) is 0 Å². The Bertz CT molecular complexity index is 524. The lowest BCUT2D eigenvalue weighted by atomic mass is 9.97. The van der Waals surface area contributed by atoms with Gasteiger partial charge in [-0.05, 0) is 24.3 Å². The molecule has 2 amide bonds. The standard InChI is InChI=1S/C17H23ClN2O3/c1-19(17(22)23-13-14-6-3-2-4-7-14)11-15-8-5-9-20(12-15)16(21)10-18/h2-4,6-7,15H,5,8-13H2,1H3. The highest BCUT2D eigenvalue weighted by Gasteiger charge is 2.25. The third kappa shape index (κ3) is 5.43. The molecule has 2 rings (SSSR count). The molecule has 1 aliphatic heterocycles. The first-order valence-corrected chi connectivity index (χ1v) is 8.39. The molecule has 0 spiro atoms. The lowest BCUT2D eigenvalue weighted by molar-refractivity contribution is -0.130. The van der Waals surface area contributed by atoms with E-state index in [1.165, 1.54) is 0 Å². The van der Waals surface area contributed by atoms with Crippen LogP contribution < -0.4 is 0 Å². The van der Waals surface area contributed by atoms with Crippen LogP contribution >= 0.6 is 11.6 Å². The predicted molar refractivity (Wildman–Crippen MR) is 89.3 cm³/mol. The first kappa shape index (κ1) is 17.6. The lowest BCUT2D eigenvalue weighted by Crippen LogP contribution is -2.44. The molecular formula is C17H23ClN2O3. The van der Waals surface area contributed by atoms with Gasteiger partial charge < -0.3 is 14.5 Å².